The molecule has 0 saturated carbocycles. The van der Waals surface area contributed by atoms with Gasteiger partial charge in [0.1, 0.15) is 16.6 Å². The first-order valence-corrected chi connectivity index (χ1v) is 21.5. The molecule has 4 N–H and O–H groups in total. The Morgan fingerprint density at radius 2 is 0.667 bits per heavy atom. The van der Waals surface area contributed by atoms with Crippen molar-refractivity contribution in [2.24, 2.45) is 5.41 Å². The van der Waals surface area contributed by atoms with Crippen LogP contribution in [0.2, 0.25) is 0 Å². The number of hydrogen-bond acceptors (Lipinski definition) is 4. The molecular weight excluding hydrogens is 777 g/mol. The van der Waals surface area contributed by atoms with Gasteiger partial charge in [0, 0.05) is 0 Å². The first-order valence-electron chi connectivity index (χ1n) is 21.5. The lowest BCUT2D eigenvalue weighted by molar-refractivity contribution is -0.144. The van der Waals surface area contributed by atoms with Crippen molar-refractivity contribution in [2.75, 3.05) is 0 Å². The minimum Gasteiger partial charge on any atom is -0.378 e. The number of fused-ring (bicyclic) bond motifs is 2. The first kappa shape index (κ1) is 42.8. The third kappa shape index (κ3) is 8.04. The van der Waals surface area contributed by atoms with Gasteiger partial charge in [0.25, 0.3) is 0 Å². The maximum absolute atomic E-state index is 15.3. The van der Waals surface area contributed by atoms with Crippen molar-refractivity contribution in [1.29, 1.82) is 0 Å². The van der Waals surface area contributed by atoms with Crippen LogP contribution in [0.5, 0.6) is 0 Å². The molecule has 6 nitrogen and oxygen atoms in total. The number of carbonyl (C=O) groups excluding carboxylic acids is 2. The maximum Gasteiger partial charge on any atom is 0.235 e. The summed E-state index contributed by atoms with van der Waals surface area (Å²) in [5.41, 5.74) is 2.42. The standard InChI is InChI=1S/C57H54N2O4/c1-37-21-29-43(30-22-37)56(62,44-31-23-38(2)24-32-44)51(49-19-11-15-41-13-7-9-17-47(41)49)58-53(60)55(5,6)54(61)59-52(50-20-12-16-42-14-8-10-18-48(42)50)57(63,45-33-25-39(3)26-34-45)46-35-27-40(4)28-36-46/h7-36,51-52,62-63H,1-6H3,(H,58,60)(H,59,61)/t51-,52-/m0/s1. The molecule has 0 bridgehead atoms. The van der Waals surface area contributed by atoms with Gasteiger partial charge >= 0.3 is 0 Å². The van der Waals surface area contributed by atoms with E-state index in [1.54, 1.807) is 13.8 Å². The fraction of sp³-hybridized carbons (Fsp3) is 0.193. The Labute approximate surface area is 370 Å². The molecule has 0 saturated heterocycles. The van der Waals surface area contributed by atoms with E-state index in [1.165, 1.54) is 0 Å². The number of rotatable bonds is 12. The van der Waals surface area contributed by atoms with E-state index in [0.717, 1.165) is 43.8 Å². The van der Waals surface area contributed by atoms with Gasteiger partial charge in [-0.1, -0.05) is 204 Å². The molecule has 8 aromatic rings. The number of amides is 2. The molecule has 316 valence electrons. The Hall–Kier alpha value is -6.86. The van der Waals surface area contributed by atoms with Crippen LogP contribution in [-0.4, -0.2) is 22.0 Å². The highest BCUT2D eigenvalue weighted by Gasteiger charge is 2.49. The summed E-state index contributed by atoms with van der Waals surface area (Å²) in [6.07, 6.45) is 0. The Bertz CT molecular complexity index is 2620. The number of nitrogens with one attached hydrogen (secondary N) is 2. The molecule has 0 aromatic heterocycles. The molecule has 2 amide bonds. The fourth-order valence-electron chi connectivity index (χ4n) is 8.78. The van der Waals surface area contributed by atoms with Gasteiger partial charge < -0.3 is 20.8 Å². The lowest BCUT2D eigenvalue weighted by Crippen LogP contribution is -2.55. The number of benzene rings is 8. The van der Waals surface area contributed by atoms with Gasteiger partial charge in [-0.3, -0.25) is 9.59 Å². The van der Waals surface area contributed by atoms with E-state index < -0.39 is 40.5 Å². The van der Waals surface area contributed by atoms with Crippen LogP contribution in [0.25, 0.3) is 21.5 Å². The van der Waals surface area contributed by atoms with E-state index in [1.807, 2.05) is 210 Å². The maximum atomic E-state index is 15.3. The minimum absolute atomic E-state index is 0.578. The second-order valence-corrected chi connectivity index (χ2v) is 17.6. The molecule has 63 heavy (non-hydrogen) atoms. The van der Waals surface area contributed by atoms with Gasteiger partial charge in [-0.15, -0.1) is 0 Å². The minimum atomic E-state index is -1.80. The van der Waals surface area contributed by atoms with Crippen LogP contribution in [0.4, 0.5) is 0 Å². The average molecular weight is 831 g/mol. The van der Waals surface area contributed by atoms with Crippen LogP contribution >= 0.6 is 0 Å². The molecule has 0 heterocycles. The topological polar surface area (TPSA) is 98.7 Å². The molecule has 0 unspecified atom stereocenters. The lowest BCUT2D eigenvalue weighted by Gasteiger charge is -2.41. The van der Waals surface area contributed by atoms with E-state index in [-0.39, 0.29) is 0 Å². The molecule has 0 radical (unpaired) electrons. The quantitative estimate of drug-likeness (QED) is 0.0922. The zero-order chi connectivity index (χ0) is 44.5. The van der Waals surface area contributed by atoms with Crippen LogP contribution in [0.15, 0.2) is 182 Å². The van der Waals surface area contributed by atoms with Gasteiger partial charge in [0.05, 0.1) is 12.1 Å². The molecule has 8 rings (SSSR count). The molecule has 0 aliphatic heterocycles. The summed E-state index contributed by atoms with van der Waals surface area (Å²) >= 11 is 0. The molecule has 0 fully saturated rings. The molecule has 8 aromatic carbocycles. The Morgan fingerprint density at radius 1 is 0.397 bits per heavy atom. The van der Waals surface area contributed by atoms with Gasteiger partial charge in [-0.05, 0) is 96.5 Å². The third-order valence-corrected chi connectivity index (χ3v) is 12.8. The summed E-state index contributed by atoms with van der Waals surface area (Å²) in [5, 5.41) is 37.1. The zero-order valence-electron chi connectivity index (χ0n) is 36.7. The molecule has 0 spiro atoms. The van der Waals surface area contributed by atoms with Crippen molar-refractivity contribution in [3.8, 4) is 0 Å². The van der Waals surface area contributed by atoms with E-state index in [4.69, 9.17) is 0 Å². The Balaban J connectivity index is 1.27. The van der Waals surface area contributed by atoms with Crippen LogP contribution in [0.3, 0.4) is 0 Å². The van der Waals surface area contributed by atoms with Crippen LogP contribution in [0, 0.1) is 33.1 Å². The predicted molar refractivity (Wildman–Crippen MR) is 254 cm³/mol. The largest absolute Gasteiger partial charge is 0.378 e. The predicted octanol–water partition coefficient (Wildman–Crippen LogP) is 11.1. The van der Waals surface area contributed by atoms with Crippen LogP contribution in [0.1, 0.15) is 81.6 Å². The van der Waals surface area contributed by atoms with Crippen molar-refractivity contribution in [3.05, 3.63) is 238 Å². The van der Waals surface area contributed by atoms with Gasteiger partial charge in [-0.2, -0.15) is 0 Å². The fourth-order valence-corrected chi connectivity index (χ4v) is 8.78. The second-order valence-electron chi connectivity index (χ2n) is 17.6. The van der Waals surface area contributed by atoms with Crippen molar-refractivity contribution in [1.82, 2.24) is 10.6 Å². The molecule has 2 atom stereocenters. The number of aryl methyl sites for hydroxylation is 4. The Kier molecular flexibility index (Phi) is 11.6. The highest BCUT2D eigenvalue weighted by atomic mass is 16.3. The molecule has 0 aliphatic carbocycles. The normalized spacial score (nSPS) is 13.1. The molecule has 6 heteroatoms. The SMILES string of the molecule is Cc1ccc(C(O)(c2ccc(C)cc2)[C@@H](NC(=O)C(C)(C)C(=O)N[C@@H](c2cccc3ccccc23)C(O)(c2ccc(C)cc2)c2ccc(C)cc2)c2cccc3ccccc23)cc1. The highest BCUT2D eigenvalue weighted by Crippen LogP contribution is 2.46. The number of carbonyl (C=O) groups is 2. The zero-order valence-corrected chi connectivity index (χ0v) is 36.7. The van der Waals surface area contributed by atoms with Gasteiger partial charge in [0.15, 0.2) is 0 Å². The number of hydrogen-bond donors (Lipinski definition) is 4. The summed E-state index contributed by atoms with van der Waals surface area (Å²) in [4.78, 5) is 30.6. The average Bonchev–Trinajstić information content (AvgIpc) is 3.30. The second kappa shape index (κ2) is 17.1. The summed E-state index contributed by atoms with van der Waals surface area (Å²) in [7, 11) is 0. The summed E-state index contributed by atoms with van der Waals surface area (Å²) < 4.78 is 0. The van der Waals surface area contributed by atoms with E-state index in [9.17, 15) is 10.2 Å². The van der Waals surface area contributed by atoms with Gasteiger partial charge in [0.2, 0.25) is 11.8 Å². The smallest absolute Gasteiger partial charge is 0.235 e. The van der Waals surface area contributed by atoms with Crippen LogP contribution < -0.4 is 10.6 Å². The van der Waals surface area contributed by atoms with Crippen molar-refractivity contribution in [2.45, 2.75) is 64.8 Å². The first-order chi connectivity index (χ1) is 30.2. The molecule has 0 aliphatic rings. The van der Waals surface area contributed by atoms with Crippen molar-refractivity contribution in [3.63, 3.8) is 0 Å². The van der Waals surface area contributed by atoms with Crippen molar-refractivity contribution < 1.29 is 19.8 Å². The van der Waals surface area contributed by atoms with E-state index in [0.29, 0.717) is 33.4 Å². The van der Waals surface area contributed by atoms with E-state index >= 15 is 9.59 Å². The van der Waals surface area contributed by atoms with Crippen LogP contribution in [-0.2, 0) is 20.8 Å². The monoisotopic (exact) mass is 830 g/mol. The summed E-state index contributed by atoms with van der Waals surface area (Å²) in [6.45, 7) is 11.1. The lowest BCUT2D eigenvalue weighted by atomic mass is 9.74. The number of aliphatic hydroxyl groups is 2. The van der Waals surface area contributed by atoms with Gasteiger partial charge in [-0.25, -0.2) is 0 Å². The van der Waals surface area contributed by atoms with E-state index in [2.05, 4.69) is 10.6 Å². The third-order valence-electron chi connectivity index (χ3n) is 12.8. The molecular formula is C57H54N2O4. The van der Waals surface area contributed by atoms with Crippen molar-refractivity contribution >= 4 is 33.4 Å². The Morgan fingerprint density at radius 3 is 0.968 bits per heavy atom. The summed E-state index contributed by atoms with van der Waals surface area (Å²) in [6, 6.07) is 56.1. The highest BCUT2D eigenvalue weighted by molar-refractivity contribution is 6.05. The summed E-state index contributed by atoms with van der Waals surface area (Å²) in [5.74, 6) is -1.22.